The van der Waals surface area contributed by atoms with Gasteiger partial charge in [-0.2, -0.15) is 0 Å². The van der Waals surface area contributed by atoms with Gasteiger partial charge in [0.05, 0.1) is 11.5 Å². The standard InChI is InChI=1S/C12H18Cl2O2/c1-7(2)8-4-5-11(3,13)9-6-16-10(15)12(8,9)14/h7-9H,4-6H2,1-3H3/t8-,9+,11-,12+/m1/s1. The van der Waals surface area contributed by atoms with E-state index in [1.165, 1.54) is 0 Å². The molecule has 16 heavy (non-hydrogen) atoms. The molecule has 0 aromatic rings. The van der Waals surface area contributed by atoms with E-state index in [1.54, 1.807) is 0 Å². The monoisotopic (exact) mass is 264 g/mol. The summed E-state index contributed by atoms with van der Waals surface area (Å²) in [5, 5.41) is 0. The second-order valence-corrected chi connectivity index (χ2v) is 7.08. The summed E-state index contributed by atoms with van der Waals surface area (Å²) < 4.78 is 5.16. The van der Waals surface area contributed by atoms with E-state index in [0.29, 0.717) is 12.5 Å². The quantitative estimate of drug-likeness (QED) is 0.537. The van der Waals surface area contributed by atoms with Gasteiger partial charge in [0.1, 0.15) is 0 Å². The number of fused-ring (bicyclic) bond motifs is 1. The summed E-state index contributed by atoms with van der Waals surface area (Å²) in [7, 11) is 0. The topological polar surface area (TPSA) is 26.3 Å². The summed E-state index contributed by atoms with van der Waals surface area (Å²) in [6.45, 7) is 6.54. The van der Waals surface area contributed by atoms with E-state index < -0.39 is 9.75 Å². The summed E-state index contributed by atoms with van der Waals surface area (Å²) in [4.78, 5) is 10.6. The maximum absolute atomic E-state index is 11.9. The average molecular weight is 265 g/mol. The third-order valence-electron chi connectivity index (χ3n) is 4.22. The normalized spacial score (nSPS) is 48.0. The van der Waals surface area contributed by atoms with E-state index in [-0.39, 0.29) is 17.8 Å². The van der Waals surface area contributed by atoms with Gasteiger partial charge in [-0.25, -0.2) is 0 Å². The molecular weight excluding hydrogens is 247 g/mol. The van der Waals surface area contributed by atoms with Crippen LogP contribution in [0.15, 0.2) is 0 Å². The maximum atomic E-state index is 11.9. The summed E-state index contributed by atoms with van der Waals surface area (Å²) in [5.74, 6) is 0.195. The molecule has 0 aromatic carbocycles. The van der Waals surface area contributed by atoms with Crippen molar-refractivity contribution in [2.24, 2.45) is 17.8 Å². The number of hydrogen-bond donors (Lipinski definition) is 0. The minimum Gasteiger partial charge on any atom is -0.464 e. The molecule has 2 fully saturated rings. The number of carbonyl (C=O) groups is 1. The minimum absolute atomic E-state index is 0.0722. The van der Waals surface area contributed by atoms with Crippen LogP contribution in [0.4, 0.5) is 0 Å². The minimum atomic E-state index is -0.900. The molecule has 0 amide bonds. The van der Waals surface area contributed by atoms with E-state index >= 15 is 0 Å². The number of halogens is 2. The van der Waals surface area contributed by atoms with E-state index in [1.807, 2.05) is 6.92 Å². The summed E-state index contributed by atoms with van der Waals surface area (Å²) >= 11 is 13.1. The van der Waals surface area contributed by atoms with Crippen molar-refractivity contribution in [3.63, 3.8) is 0 Å². The van der Waals surface area contributed by atoms with Crippen molar-refractivity contribution < 1.29 is 9.53 Å². The van der Waals surface area contributed by atoms with Gasteiger partial charge in [-0.15, -0.1) is 23.2 Å². The van der Waals surface area contributed by atoms with Crippen LogP contribution < -0.4 is 0 Å². The number of cyclic esters (lactones) is 1. The Morgan fingerprint density at radius 2 is 2.06 bits per heavy atom. The molecule has 0 N–H and O–H groups in total. The van der Waals surface area contributed by atoms with Gasteiger partial charge in [-0.1, -0.05) is 13.8 Å². The fourth-order valence-electron chi connectivity index (χ4n) is 3.20. The summed E-state index contributed by atoms with van der Waals surface area (Å²) in [6, 6.07) is 0. The Labute approximate surface area is 107 Å². The van der Waals surface area contributed by atoms with Gasteiger partial charge in [-0.05, 0) is 31.6 Å². The lowest BCUT2D eigenvalue weighted by molar-refractivity contribution is -0.142. The largest absolute Gasteiger partial charge is 0.464 e. The van der Waals surface area contributed by atoms with Crippen molar-refractivity contribution in [3.05, 3.63) is 0 Å². The van der Waals surface area contributed by atoms with Crippen LogP contribution in [0.1, 0.15) is 33.6 Å². The Morgan fingerprint density at radius 1 is 1.44 bits per heavy atom. The highest BCUT2D eigenvalue weighted by Gasteiger charge is 2.64. The molecule has 4 atom stereocenters. The van der Waals surface area contributed by atoms with Crippen LogP contribution in [0.5, 0.6) is 0 Å². The SMILES string of the molecule is CC(C)[C@H]1CC[C@@](C)(Cl)[C@@H]2COC(=O)[C@]12Cl. The van der Waals surface area contributed by atoms with Crippen molar-refractivity contribution in [2.75, 3.05) is 6.61 Å². The Balaban J connectivity index is 2.40. The van der Waals surface area contributed by atoms with E-state index in [4.69, 9.17) is 27.9 Å². The molecule has 4 heteroatoms. The van der Waals surface area contributed by atoms with E-state index in [2.05, 4.69) is 13.8 Å². The average Bonchev–Trinajstić information content (AvgIpc) is 2.44. The van der Waals surface area contributed by atoms with Crippen LogP contribution in [-0.2, 0) is 9.53 Å². The third kappa shape index (κ3) is 1.57. The zero-order chi connectivity index (χ0) is 12.1. The van der Waals surface area contributed by atoms with Crippen molar-refractivity contribution in [1.82, 2.24) is 0 Å². The van der Waals surface area contributed by atoms with Gasteiger partial charge in [0.25, 0.3) is 0 Å². The number of rotatable bonds is 1. The highest BCUT2D eigenvalue weighted by Crippen LogP contribution is 2.56. The fraction of sp³-hybridized carbons (Fsp3) is 0.917. The lowest BCUT2D eigenvalue weighted by Gasteiger charge is -2.46. The zero-order valence-electron chi connectivity index (χ0n) is 9.93. The van der Waals surface area contributed by atoms with Crippen LogP contribution in [0.2, 0.25) is 0 Å². The summed E-state index contributed by atoms with van der Waals surface area (Å²) in [6.07, 6.45) is 1.79. The van der Waals surface area contributed by atoms with E-state index in [0.717, 1.165) is 12.8 Å². The molecule has 0 bridgehead atoms. The zero-order valence-corrected chi connectivity index (χ0v) is 11.4. The number of ether oxygens (including phenoxy) is 1. The molecule has 2 aliphatic rings. The van der Waals surface area contributed by atoms with Gasteiger partial charge in [0, 0.05) is 5.92 Å². The van der Waals surface area contributed by atoms with Crippen LogP contribution in [0, 0.1) is 17.8 Å². The van der Waals surface area contributed by atoms with Gasteiger partial charge in [0.15, 0.2) is 4.87 Å². The van der Waals surface area contributed by atoms with Gasteiger partial charge in [-0.3, -0.25) is 4.79 Å². The lowest BCUT2D eigenvalue weighted by atomic mass is 9.64. The van der Waals surface area contributed by atoms with Gasteiger partial charge < -0.3 is 4.74 Å². The Bertz CT molecular complexity index is 314. The lowest BCUT2D eigenvalue weighted by Crippen LogP contribution is -2.55. The molecule has 0 aromatic heterocycles. The third-order valence-corrected chi connectivity index (χ3v) is 5.37. The molecule has 0 radical (unpaired) electrons. The number of hydrogen-bond acceptors (Lipinski definition) is 2. The molecule has 0 spiro atoms. The molecule has 1 heterocycles. The first-order valence-electron chi connectivity index (χ1n) is 5.85. The second-order valence-electron chi connectivity index (χ2n) is 5.59. The first-order valence-corrected chi connectivity index (χ1v) is 6.60. The molecule has 0 unspecified atom stereocenters. The Morgan fingerprint density at radius 3 is 2.62 bits per heavy atom. The molecule has 1 saturated heterocycles. The molecule has 2 rings (SSSR count). The van der Waals surface area contributed by atoms with Crippen LogP contribution in [0.3, 0.4) is 0 Å². The second kappa shape index (κ2) is 3.78. The smallest absolute Gasteiger partial charge is 0.328 e. The highest BCUT2D eigenvalue weighted by atomic mass is 35.5. The van der Waals surface area contributed by atoms with Crippen LogP contribution in [-0.4, -0.2) is 22.3 Å². The van der Waals surface area contributed by atoms with E-state index in [9.17, 15) is 4.79 Å². The predicted molar refractivity (Wildman–Crippen MR) is 64.9 cm³/mol. The predicted octanol–water partition coefficient (Wildman–Crippen LogP) is 3.20. The first kappa shape index (κ1) is 12.5. The van der Waals surface area contributed by atoms with Crippen LogP contribution >= 0.6 is 23.2 Å². The van der Waals surface area contributed by atoms with Crippen molar-refractivity contribution in [3.8, 4) is 0 Å². The molecular formula is C12H18Cl2O2. The number of alkyl halides is 2. The van der Waals surface area contributed by atoms with Crippen molar-refractivity contribution >= 4 is 29.2 Å². The molecule has 1 saturated carbocycles. The summed E-state index contributed by atoms with van der Waals surface area (Å²) in [5.41, 5.74) is 0. The number of esters is 1. The molecule has 2 nitrogen and oxygen atoms in total. The van der Waals surface area contributed by atoms with Gasteiger partial charge in [0.2, 0.25) is 0 Å². The molecule has 1 aliphatic heterocycles. The van der Waals surface area contributed by atoms with Crippen molar-refractivity contribution in [2.45, 2.75) is 43.4 Å². The van der Waals surface area contributed by atoms with Crippen molar-refractivity contribution in [1.29, 1.82) is 0 Å². The first-order chi connectivity index (χ1) is 7.30. The molecule has 92 valence electrons. The van der Waals surface area contributed by atoms with Gasteiger partial charge >= 0.3 is 5.97 Å². The molecule has 1 aliphatic carbocycles. The number of carbonyl (C=O) groups excluding carboxylic acids is 1. The Hall–Kier alpha value is 0.0500. The maximum Gasteiger partial charge on any atom is 0.328 e. The van der Waals surface area contributed by atoms with Crippen LogP contribution in [0.25, 0.3) is 0 Å². The fourth-order valence-corrected chi connectivity index (χ4v) is 4.31. The Kier molecular flexibility index (Phi) is 2.95. The highest BCUT2D eigenvalue weighted by molar-refractivity contribution is 6.36.